The number of hydrogen-bond acceptors (Lipinski definition) is 4. The number of methoxy groups -OCH3 is 1. The number of amides is 1. The largest absolute Gasteiger partial charge is 0.496 e. The van der Waals surface area contributed by atoms with Gasteiger partial charge in [-0.1, -0.05) is 44.2 Å². The van der Waals surface area contributed by atoms with Gasteiger partial charge in [0, 0.05) is 24.2 Å². The summed E-state index contributed by atoms with van der Waals surface area (Å²) in [6.07, 6.45) is 0. The lowest BCUT2D eigenvalue weighted by molar-refractivity contribution is 0.0941. The molecule has 5 heteroatoms. The predicted octanol–water partition coefficient (Wildman–Crippen LogP) is 3.57. The Morgan fingerprint density at radius 2 is 1.68 bits per heavy atom. The van der Waals surface area contributed by atoms with Crippen LogP contribution in [0.25, 0.3) is 0 Å². The zero-order chi connectivity index (χ0) is 20.5. The van der Waals surface area contributed by atoms with Crippen LogP contribution in [-0.2, 0) is 6.54 Å². The number of nitrogens with zero attached hydrogens (tertiary/aromatic N) is 2. The molecule has 2 rings (SSSR count). The zero-order valence-electron chi connectivity index (χ0n) is 17.7. The van der Waals surface area contributed by atoms with Gasteiger partial charge in [-0.05, 0) is 50.9 Å². The van der Waals surface area contributed by atoms with Crippen LogP contribution in [0.5, 0.6) is 5.75 Å². The first kappa shape index (κ1) is 21.9. The van der Waals surface area contributed by atoms with E-state index in [1.807, 2.05) is 62.6 Å². The Morgan fingerprint density at radius 1 is 1.04 bits per heavy atom. The van der Waals surface area contributed by atoms with Crippen molar-refractivity contribution >= 4 is 5.91 Å². The summed E-state index contributed by atoms with van der Waals surface area (Å²) in [7, 11) is 5.68. The van der Waals surface area contributed by atoms with E-state index in [1.165, 1.54) is 5.56 Å². The summed E-state index contributed by atoms with van der Waals surface area (Å²) in [6.45, 7) is 7.78. The molecule has 152 valence electrons. The Labute approximate surface area is 169 Å². The van der Waals surface area contributed by atoms with E-state index < -0.39 is 0 Å². The summed E-state index contributed by atoms with van der Waals surface area (Å²) < 4.78 is 5.49. The van der Waals surface area contributed by atoms with Gasteiger partial charge in [0.25, 0.3) is 5.91 Å². The third kappa shape index (κ3) is 5.81. The van der Waals surface area contributed by atoms with Crippen molar-refractivity contribution in [3.8, 4) is 5.75 Å². The molecule has 0 saturated heterocycles. The first-order valence-electron chi connectivity index (χ1n) is 9.88. The van der Waals surface area contributed by atoms with E-state index in [0.29, 0.717) is 12.1 Å². The molecule has 0 saturated carbocycles. The number of para-hydroxylation sites is 1. The fourth-order valence-corrected chi connectivity index (χ4v) is 3.27. The highest BCUT2D eigenvalue weighted by Crippen LogP contribution is 2.27. The average molecular weight is 384 g/mol. The van der Waals surface area contributed by atoms with Gasteiger partial charge in [-0.15, -0.1) is 0 Å². The van der Waals surface area contributed by atoms with E-state index >= 15 is 0 Å². The van der Waals surface area contributed by atoms with Gasteiger partial charge in [0.1, 0.15) is 5.75 Å². The Bertz CT molecular complexity index is 740. The van der Waals surface area contributed by atoms with Crippen molar-refractivity contribution < 1.29 is 9.53 Å². The van der Waals surface area contributed by atoms with Crippen LogP contribution < -0.4 is 10.1 Å². The van der Waals surface area contributed by atoms with Crippen LogP contribution in [0, 0.1) is 0 Å². The Kier molecular flexibility index (Phi) is 8.48. The summed E-state index contributed by atoms with van der Waals surface area (Å²) in [6, 6.07) is 15.8. The third-order valence-corrected chi connectivity index (χ3v) is 5.09. The van der Waals surface area contributed by atoms with Crippen LogP contribution in [0.2, 0.25) is 0 Å². The lowest BCUT2D eigenvalue weighted by Gasteiger charge is -2.26. The van der Waals surface area contributed by atoms with E-state index in [9.17, 15) is 4.79 Å². The van der Waals surface area contributed by atoms with Gasteiger partial charge in [-0.2, -0.15) is 0 Å². The van der Waals surface area contributed by atoms with E-state index in [2.05, 4.69) is 29.0 Å². The second-order valence-corrected chi connectivity index (χ2v) is 7.09. The molecule has 1 amide bonds. The van der Waals surface area contributed by atoms with Crippen molar-refractivity contribution in [2.45, 2.75) is 26.4 Å². The molecule has 0 bridgehead atoms. The number of nitrogens with one attached hydrogen (secondary N) is 1. The van der Waals surface area contributed by atoms with Crippen molar-refractivity contribution in [3.05, 3.63) is 65.2 Å². The number of likely N-dealkylation sites (N-methyl/N-ethyl adjacent to an activating group) is 1. The van der Waals surface area contributed by atoms with E-state index in [-0.39, 0.29) is 11.9 Å². The van der Waals surface area contributed by atoms with Crippen LogP contribution >= 0.6 is 0 Å². The van der Waals surface area contributed by atoms with Crippen molar-refractivity contribution in [2.24, 2.45) is 0 Å². The molecule has 5 nitrogen and oxygen atoms in total. The fraction of sp³-hybridized carbons (Fsp3) is 0.435. The molecule has 0 aliphatic rings. The quantitative estimate of drug-likeness (QED) is 0.681. The maximum atomic E-state index is 12.6. The average Bonchev–Trinajstić information content (AvgIpc) is 2.72. The van der Waals surface area contributed by atoms with Crippen LogP contribution in [0.3, 0.4) is 0 Å². The fourth-order valence-electron chi connectivity index (χ4n) is 3.27. The Morgan fingerprint density at radius 3 is 2.25 bits per heavy atom. The van der Waals surface area contributed by atoms with Gasteiger partial charge in [0.2, 0.25) is 0 Å². The highest BCUT2D eigenvalue weighted by atomic mass is 16.5. The Balaban J connectivity index is 2.03. The normalized spacial score (nSPS) is 12.2. The van der Waals surface area contributed by atoms with Gasteiger partial charge >= 0.3 is 0 Å². The standard InChI is InChI=1S/C23H33N3O2/c1-6-26(7-2)17-18-12-14-19(15-13-18)23(27)24-16-21(25(3)4)20-10-8-9-11-22(20)28-5/h8-15,21H,6-7,16-17H2,1-5H3,(H,24,27). The Hall–Kier alpha value is -2.37. The summed E-state index contributed by atoms with van der Waals surface area (Å²) in [5, 5.41) is 3.07. The second kappa shape index (κ2) is 10.8. The molecule has 2 aromatic carbocycles. The summed E-state index contributed by atoms with van der Waals surface area (Å²) in [5.74, 6) is 0.771. The summed E-state index contributed by atoms with van der Waals surface area (Å²) in [5.41, 5.74) is 2.96. The molecule has 0 spiro atoms. The molecular formula is C23H33N3O2. The molecule has 28 heavy (non-hydrogen) atoms. The molecule has 0 aliphatic heterocycles. The predicted molar refractivity (Wildman–Crippen MR) is 115 cm³/mol. The van der Waals surface area contributed by atoms with Crippen molar-refractivity contribution in [1.29, 1.82) is 0 Å². The van der Waals surface area contributed by atoms with Crippen molar-refractivity contribution in [1.82, 2.24) is 15.1 Å². The first-order valence-corrected chi connectivity index (χ1v) is 9.88. The molecular weight excluding hydrogens is 350 g/mol. The minimum absolute atomic E-state index is 0.0297. The lowest BCUT2D eigenvalue weighted by Crippen LogP contribution is -2.34. The lowest BCUT2D eigenvalue weighted by atomic mass is 10.0. The van der Waals surface area contributed by atoms with E-state index in [1.54, 1.807) is 7.11 Å². The number of benzene rings is 2. The highest BCUT2D eigenvalue weighted by Gasteiger charge is 2.19. The number of hydrogen-bond donors (Lipinski definition) is 1. The highest BCUT2D eigenvalue weighted by molar-refractivity contribution is 5.94. The number of ether oxygens (including phenoxy) is 1. The van der Waals surface area contributed by atoms with Gasteiger partial charge in [-0.3, -0.25) is 9.69 Å². The maximum Gasteiger partial charge on any atom is 0.251 e. The molecule has 0 radical (unpaired) electrons. The monoisotopic (exact) mass is 383 g/mol. The number of rotatable bonds is 10. The molecule has 1 unspecified atom stereocenters. The van der Waals surface area contributed by atoms with Crippen LogP contribution in [-0.4, -0.2) is 56.5 Å². The number of carbonyl (C=O) groups excluding carboxylic acids is 1. The minimum atomic E-state index is -0.0591. The maximum absolute atomic E-state index is 12.6. The number of carbonyl (C=O) groups is 1. The van der Waals surface area contributed by atoms with E-state index in [4.69, 9.17) is 4.74 Å². The van der Waals surface area contributed by atoms with Gasteiger partial charge in [0.15, 0.2) is 0 Å². The van der Waals surface area contributed by atoms with Crippen molar-refractivity contribution in [2.75, 3.05) is 40.8 Å². The van der Waals surface area contributed by atoms with Gasteiger partial charge in [-0.25, -0.2) is 0 Å². The summed E-state index contributed by atoms with van der Waals surface area (Å²) in [4.78, 5) is 17.1. The topological polar surface area (TPSA) is 44.8 Å². The van der Waals surface area contributed by atoms with E-state index in [0.717, 1.165) is 30.9 Å². The molecule has 0 aliphatic carbocycles. The van der Waals surface area contributed by atoms with Crippen LogP contribution in [0.4, 0.5) is 0 Å². The van der Waals surface area contributed by atoms with Gasteiger partial charge in [0.05, 0.1) is 13.2 Å². The van der Waals surface area contributed by atoms with Gasteiger partial charge < -0.3 is 15.0 Å². The molecule has 0 aromatic heterocycles. The SMILES string of the molecule is CCN(CC)Cc1ccc(C(=O)NCC(c2ccccc2OC)N(C)C)cc1. The first-order chi connectivity index (χ1) is 13.5. The van der Waals surface area contributed by atoms with Crippen LogP contribution in [0.15, 0.2) is 48.5 Å². The van der Waals surface area contributed by atoms with Crippen molar-refractivity contribution in [3.63, 3.8) is 0 Å². The van der Waals surface area contributed by atoms with Crippen LogP contribution in [0.1, 0.15) is 41.4 Å². The second-order valence-electron chi connectivity index (χ2n) is 7.09. The third-order valence-electron chi connectivity index (χ3n) is 5.09. The molecule has 2 aromatic rings. The molecule has 1 atom stereocenters. The molecule has 0 fully saturated rings. The molecule has 0 heterocycles. The zero-order valence-corrected chi connectivity index (χ0v) is 17.7. The minimum Gasteiger partial charge on any atom is -0.496 e. The smallest absolute Gasteiger partial charge is 0.251 e. The molecule has 1 N–H and O–H groups in total. The summed E-state index contributed by atoms with van der Waals surface area (Å²) >= 11 is 0.